The van der Waals surface area contributed by atoms with E-state index in [9.17, 15) is 19.2 Å². The van der Waals surface area contributed by atoms with Gasteiger partial charge in [-0.15, -0.1) is 0 Å². The number of fused-ring (bicyclic) bond motifs is 7. The molecular formula is C52H32O. The van der Waals surface area contributed by atoms with E-state index in [2.05, 4.69) is 0 Å². The molecule has 1 heterocycles. The molecule has 0 bridgehead atoms. The number of furan rings is 1. The second-order valence-electron chi connectivity index (χ2n) is 11.5. The van der Waals surface area contributed by atoms with Crippen molar-refractivity contribution in [2.24, 2.45) is 0 Å². The molecule has 0 saturated carbocycles. The van der Waals surface area contributed by atoms with Crippen LogP contribution in [-0.2, 0) is 0 Å². The van der Waals surface area contributed by atoms with Crippen molar-refractivity contribution in [2.75, 3.05) is 0 Å². The molecule has 0 aliphatic heterocycles. The monoisotopic (exact) mass is 704 g/mol. The van der Waals surface area contributed by atoms with Gasteiger partial charge < -0.3 is 4.42 Å². The van der Waals surface area contributed by atoms with E-state index in [1.165, 1.54) is 0 Å². The molecule has 0 fully saturated rings. The zero-order valence-electron chi connectivity index (χ0n) is 58.4. The summed E-state index contributed by atoms with van der Waals surface area (Å²) < 4.78 is 298. The molecule has 0 aliphatic rings. The molecule has 0 spiro atoms. The largest absolute Gasteiger partial charge is 0.456 e. The zero-order chi connectivity index (χ0) is 62.7. The third-order valence-electron chi connectivity index (χ3n) is 8.70. The molecule has 0 N–H and O–H groups in total. The van der Waals surface area contributed by atoms with Gasteiger partial charge in [0.15, 0.2) is 0 Å². The maximum absolute atomic E-state index is 9.85. The highest BCUT2D eigenvalue weighted by molar-refractivity contribution is 6.25. The molecule has 0 atom stereocenters. The average molecular weight is 705 g/mol. The van der Waals surface area contributed by atoms with Crippen LogP contribution in [0.4, 0.5) is 0 Å². The lowest BCUT2D eigenvalue weighted by atomic mass is 9.83. The fraction of sp³-hybridized carbons (Fsp3) is 0. The Hall–Kier alpha value is -6.96. The minimum absolute atomic E-state index is 0.546. The molecule has 0 saturated heterocycles. The van der Waals surface area contributed by atoms with Gasteiger partial charge in [0.2, 0.25) is 0 Å². The summed E-state index contributed by atoms with van der Waals surface area (Å²) in [7, 11) is 0. The highest BCUT2D eigenvalue weighted by atomic mass is 16.3. The first-order valence-electron chi connectivity index (χ1n) is 31.7. The summed E-state index contributed by atoms with van der Waals surface area (Å²) in [5, 5.41) is -7.51. The molecule has 1 nitrogen and oxygen atoms in total. The Morgan fingerprint density at radius 1 is 0.302 bits per heavy atom. The fourth-order valence-corrected chi connectivity index (χ4v) is 6.51. The first-order chi connectivity index (χ1) is 39.6. The van der Waals surface area contributed by atoms with Gasteiger partial charge in [0.25, 0.3) is 0 Å². The standard InChI is InChI=1S/C52H32O/c1-2-14-34(15-3-1)39-24-12-26-47-52(39)45-30-29-37(32-48(45)53-47)40-23-10-17-35-18-11-25-46(49(35)40)51-43-21-8-6-19-41(43)50(42-20-7-9-22-44(42)51)38-28-27-33-13-4-5-16-36(33)31-38/h1-32H/i1D,2D,3D,4D,5D,6D,7D,8D,9D,10D,11D,12D,13D,14D,15D,16D,17D,18D,19D,20D,21D,22D,23D,24D,25D,26D,27D,28D,29D,30D,31D,32D. The third-order valence-corrected chi connectivity index (χ3v) is 8.70. The van der Waals surface area contributed by atoms with Crippen molar-refractivity contribution in [3.8, 4) is 44.5 Å². The molecule has 11 rings (SSSR count). The third kappa shape index (κ3) is 4.64. The van der Waals surface area contributed by atoms with Gasteiger partial charge in [-0.3, -0.25) is 0 Å². The normalized spacial score (nSPS) is 20.2. The van der Waals surface area contributed by atoms with Crippen molar-refractivity contribution in [1.82, 2.24) is 0 Å². The quantitative estimate of drug-likeness (QED) is 0.166. The van der Waals surface area contributed by atoms with Gasteiger partial charge in [-0.1, -0.05) is 169 Å². The Bertz CT molecular complexity index is 4960. The Morgan fingerprint density at radius 3 is 1.60 bits per heavy atom. The van der Waals surface area contributed by atoms with E-state index < -0.39 is 303 Å². The number of hydrogen-bond acceptors (Lipinski definition) is 1. The second kappa shape index (κ2) is 11.8. The van der Waals surface area contributed by atoms with E-state index in [1.807, 2.05) is 0 Å². The Balaban J connectivity index is 1.43. The lowest BCUT2D eigenvalue weighted by Crippen LogP contribution is -1.93. The molecule has 246 valence electrons. The van der Waals surface area contributed by atoms with E-state index in [4.69, 9.17) is 29.1 Å². The first-order valence-corrected chi connectivity index (χ1v) is 15.7. The van der Waals surface area contributed by atoms with Crippen LogP contribution in [-0.4, -0.2) is 0 Å². The first kappa shape index (κ1) is 12.0. The van der Waals surface area contributed by atoms with Gasteiger partial charge in [-0.05, 0) is 112 Å². The second-order valence-corrected chi connectivity index (χ2v) is 11.5. The van der Waals surface area contributed by atoms with E-state index in [1.54, 1.807) is 0 Å². The highest BCUT2D eigenvalue weighted by Gasteiger charge is 2.20. The highest BCUT2D eigenvalue weighted by Crippen LogP contribution is 2.47. The molecule has 0 aliphatic carbocycles. The van der Waals surface area contributed by atoms with Gasteiger partial charge in [0.05, 0.1) is 43.9 Å². The molecule has 1 heteroatoms. The summed E-state index contributed by atoms with van der Waals surface area (Å²) in [5.74, 6) is 0. The lowest BCUT2D eigenvalue weighted by molar-refractivity contribution is 0.669. The average Bonchev–Trinajstić information content (AvgIpc) is 1.45. The Labute approximate surface area is 352 Å². The molecule has 0 radical (unpaired) electrons. The molecule has 10 aromatic carbocycles. The summed E-state index contributed by atoms with van der Waals surface area (Å²) in [6, 6.07) is -31.9. The topological polar surface area (TPSA) is 13.1 Å². The Morgan fingerprint density at radius 2 is 0.868 bits per heavy atom. The van der Waals surface area contributed by atoms with Crippen molar-refractivity contribution in [3.63, 3.8) is 0 Å². The van der Waals surface area contributed by atoms with Gasteiger partial charge >= 0.3 is 0 Å². The van der Waals surface area contributed by atoms with Crippen LogP contribution in [0, 0.1) is 0 Å². The van der Waals surface area contributed by atoms with Crippen LogP contribution in [0.1, 0.15) is 43.9 Å². The van der Waals surface area contributed by atoms with Gasteiger partial charge in [0, 0.05) is 10.8 Å². The van der Waals surface area contributed by atoms with Crippen LogP contribution < -0.4 is 0 Å². The molecule has 11 aromatic rings. The van der Waals surface area contributed by atoms with Crippen LogP contribution in [0.5, 0.6) is 0 Å². The zero-order valence-corrected chi connectivity index (χ0v) is 26.4. The number of hydrogen-bond donors (Lipinski definition) is 0. The van der Waals surface area contributed by atoms with Gasteiger partial charge in [-0.2, -0.15) is 0 Å². The van der Waals surface area contributed by atoms with Crippen LogP contribution in [0.15, 0.2) is 198 Å². The number of rotatable bonds is 4. The van der Waals surface area contributed by atoms with E-state index in [0.29, 0.717) is 0 Å². The van der Waals surface area contributed by atoms with Crippen molar-refractivity contribution >= 4 is 65.0 Å². The van der Waals surface area contributed by atoms with Crippen molar-refractivity contribution in [2.45, 2.75) is 0 Å². The maximum atomic E-state index is 9.85. The Kier molecular flexibility index (Phi) is 2.68. The molecule has 0 unspecified atom stereocenters. The van der Waals surface area contributed by atoms with Crippen LogP contribution in [0.25, 0.3) is 110 Å². The summed E-state index contributed by atoms with van der Waals surface area (Å²) in [6.07, 6.45) is 0. The minimum Gasteiger partial charge on any atom is -0.456 e. The molecule has 53 heavy (non-hydrogen) atoms. The van der Waals surface area contributed by atoms with Crippen molar-refractivity contribution in [1.29, 1.82) is 0 Å². The lowest BCUT2D eigenvalue weighted by Gasteiger charge is -2.20. The van der Waals surface area contributed by atoms with Crippen molar-refractivity contribution < 1.29 is 48.3 Å². The van der Waals surface area contributed by atoms with Crippen LogP contribution >= 0.6 is 0 Å². The van der Waals surface area contributed by atoms with Crippen LogP contribution in [0.3, 0.4) is 0 Å². The summed E-state index contributed by atoms with van der Waals surface area (Å²) in [4.78, 5) is 0. The van der Waals surface area contributed by atoms with Gasteiger partial charge in [0.1, 0.15) is 11.2 Å². The van der Waals surface area contributed by atoms with Crippen LogP contribution in [0.2, 0.25) is 0 Å². The van der Waals surface area contributed by atoms with E-state index in [0.717, 1.165) is 0 Å². The molecule has 1 aromatic heterocycles. The minimum atomic E-state index is -1.15. The van der Waals surface area contributed by atoms with E-state index >= 15 is 0 Å². The molecule has 0 amide bonds. The predicted octanol–water partition coefficient (Wildman–Crippen LogP) is 14.9. The van der Waals surface area contributed by atoms with Gasteiger partial charge in [-0.25, -0.2) is 0 Å². The smallest absolute Gasteiger partial charge is 0.136 e. The maximum Gasteiger partial charge on any atom is 0.136 e. The van der Waals surface area contributed by atoms with Crippen molar-refractivity contribution in [3.05, 3.63) is 193 Å². The summed E-state index contributed by atoms with van der Waals surface area (Å²) >= 11 is 0. The summed E-state index contributed by atoms with van der Waals surface area (Å²) in [6.45, 7) is 0. The molecular weight excluding hydrogens is 641 g/mol. The SMILES string of the molecule is [2H]c1c([2H])c([2H])c(-c2c([2H])c([2H])c([2H])c3oc4c([2H])c(-c5c([2H])c([2H])c([2H])c6c([2H])c([2H])c([2H])c(-c7c8c([2H])c([2H])c([2H])c([2H])c8c(-c8c([2H])c([2H])c9c([2H])c([2H])c([2H])c([2H])c9c8[2H])c8c([2H])c([2H])c([2H])c([2H])c78)c56)c([2H])c([2H])c4c23)c([2H])c1[2H]. The fourth-order valence-electron chi connectivity index (χ4n) is 6.51. The van der Waals surface area contributed by atoms with E-state index in [-0.39, 0.29) is 0 Å². The number of benzene rings is 10. The summed E-state index contributed by atoms with van der Waals surface area (Å²) in [5.41, 5.74) is -8.07. The predicted molar refractivity (Wildman–Crippen MR) is 225 cm³/mol.